The van der Waals surface area contributed by atoms with Crippen molar-refractivity contribution in [3.8, 4) is 0 Å². The molecule has 0 aromatic heterocycles. The van der Waals surface area contributed by atoms with E-state index in [-0.39, 0.29) is 0 Å². The van der Waals surface area contributed by atoms with Gasteiger partial charge in [0.1, 0.15) is 0 Å². The summed E-state index contributed by atoms with van der Waals surface area (Å²) in [4.78, 5) is 9.89. The molecule has 0 atom stereocenters. The van der Waals surface area contributed by atoms with Gasteiger partial charge in [0.25, 0.3) is 0 Å². The molecule has 0 saturated carbocycles. The molecule has 0 bridgehead atoms. The maximum absolute atomic E-state index is 5.02. The molecule has 152 valence electrons. The summed E-state index contributed by atoms with van der Waals surface area (Å²) in [5.74, 6) is 0. The number of hydrogen-bond donors (Lipinski definition) is 0. The van der Waals surface area contributed by atoms with Crippen LogP contribution in [0.2, 0.25) is 0 Å². The Balaban J connectivity index is 2.94. The minimum absolute atomic E-state index is 0.652. The van der Waals surface area contributed by atoms with Gasteiger partial charge in [-0.1, -0.05) is 122 Å². The first-order valence-corrected chi connectivity index (χ1v) is 11.7. The molecule has 0 fully saturated rings. The zero-order valence-electron chi connectivity index (χ0n) is 17.7. The number of rotatable bonds is 22. The molecule has 0 aliphatic carbocycles. The van der Waals surface area contributed by atoms with Crippen molar-refractivity contribution in [2.24, 2.45) is 0 Å². The van der Waals surface area contributed by atoms with E-state index in [1.165, 1.54) is 116 Å². The average Bonchev–Trinajstić information content (AvgIpc) is 2.63. The third-order valence-electron chi connectivity index (χ3n) is 5.03. The highest BCUT2D eigenvalue weighted by molar-refractivity contribution is 4.50. The predicted octanol–water partition coefficient (Wildman–Crippen LogP) is 8.39. The predicted molar refractivity (Wildman–Crippen MR) is 111 cm³/mol. The molecule has 0 rings (SSSR count). The summed E-state index contributed by atoms with van der Waals surface area (Å²) in [6, 6.07) is 0. The lowest BCUT2D eigenvalue weighted by Gasteiger charge is -2.04. The van der Waals surface area contributed by atoms with Crippen molar-refractivity contribution in [1.82, 2.24) is 0 Å². The molecular formula is C23H48O2. The van der Waals surface area contributed by atoms with Crippen LogP contribution >= 0.6 is 0 Å². The van der Waals surface area contributed by atoms with Crippen molar-refractivity contribution >= 4 is 0 Å². The van der Waals surface area contributed by atoms with Crippen LogP contribution in [0.3, 0.4) is 0 Å². The van der Waals surface area contributed by atoms with Crippen LogP contribution in [0.25, 0.3) is 0 Å². The standard InChI is InChI=1S/C23H48O2/c1-3-5-6-7-8-9-10-11-12-13-14-15-16-17-18-19-20-21-22-23-25-24-4-2/h3-23H2,1-2H3. The Kier molecular flexibility index (Phi) is 23.8. The second-order valence-corrected chi connectivity index (χ2v) is 7.59. The van der Waals surface area contributed by atoms with E-state index in [1.54, 1.807) is 0 Å². The highest BCUT2D eigenvalue weighted by Crippen LogP contribution is 2.14. The lowest BCUT2D eigenvalue weighted by atomic mass is 10.0. The zero-order chi connectivity index (χ0) is 18.3. The molecule has 2 heteroatoms. The van der Waals surface area contributed by atoms with E-state index in [1.807, 2.05) is 6.92 Å². The first-order valence-electron chi connectivity index (χ1n) is 11.7. The minimum atomic E-state index is 0.652. The minimum Gasteiger partial charge on any atom is -0.237 e. The van der Waals surface area contributed by atoms with E-state index in [0.717, 1.165) is 13.0 Å². The van der Waals surface area contributed by atoms with Crippen LogP contribution in [0.4, 0.5) is 0 Å². The SMILES string of the molecule is CCCCCCCCCCCCCCCCCCCCCOOCC. The Morgan fingerprint density at radius 2 is 0.680 bits per heavy atom. The highest BCUT2D eigenvalue weighted by Gasteiger charge is 1.95. The molecule has 0 aromatic carbocycles. The summed E-state index contributed by atoms with van der Waals surface area (Å²) >= 11 is 0. The summed E-state index contributed by atoms with van der Waals surface area (Å²) < 4.78 is 0. The van der Waals surface area contributed by atoms with Gasteiger partial charge >= 0.3 is 0 Å². The monoisotopic (exact) mass is 356 g/mol. The van der Waals surface area contributed by atoms with Gasteiger partial charge in [0.2, 0.25) is 0 Å². The number of unbranched alkanes of at least 4 members (excludes halogenated alkanes) is 18. The second kappa shape index (κ2) is 23.9. The fourth-order valence-electron chi connectivity index (χ4n) is 3.38. The molecule has 0 amide bonds. The third-order valence-corrected chi connectivity index (χ3v) is 5.03. The Morgan fingerprint density at radius 3 is 1.00 bits per heavy atom. The van der Waals surface area contributed by atoms with E-state index in [4.69, 9.17) is 9.78 Å². The van der Waals surface area contributed by atoms with Gasteiger partial charge in [-0.05, 0) is 13.3 Å². The van der Waals surface area contributed by atoms with Crippen molar-refractivity contribution in [2.45, 2.75) is 136 Å². The lowest BCUT2D eigenvalue weighted by Crippen LogP contribution is -1.95. The Bertz CT molecular complexity index is 196. The van der Waals surface area contributed by atoms with Gasteiger partial charge in [-0.3, -0.25) is 0 Å². The average molecular weight is 357 g/mol. The van der Waals surface area contributed by atoms with Gasteiger partial charge < -0.3 is 0 Å². The molecule has 25 heavy (non-hydrogen) atoms. The summed E-state index contributed by atoms with van der Waals surface area (Å²) in [6.45, 7) is 5.66. The quantitative estimate of drug-likeness (QED) is 0.110. The first kappa shape index (κ1) is 24.9. The van der Waals surface area contributed by atoms with Gasteiger partial charge in [-0.15, -0.1) is 0 Å². The van der Waals surface area contributed by atoms with Crippen LogP contribution in [-0.2, 0) is 9.78 Å². The van der Waals surface area contributed by atoms with E-state index < -0.39 is 0 Å². The van der Waals surface area contributed by atoms with Crippen molar-refractivity contribution in [3.05, 3.63) is 0 Å². The summed E-state index contributed by atoms with van der Waals surface area (Å²) in [7, 11) is 0. The molecule has 0 saturated heterocycles. The van der Waals surface area contributed by atoms with Crippen LogP contribution in [0, 0.1) is 0 Å². The van der Waals surface area contributed by atoms with E-state index >= 15 is 0 Å². The number of hydrogen-bond acceptors (Lipinski definition) is 2. The van der Waals surface area contributed by atoms with Gasteiger partial charge in [-0.25, -0.2) is 9.78 Å². The molecule has 0 aliphatic heterocycles. The molecule has 0 spiro atoms. The molecule has 0 heterocycles. The summed E-state index contributed by atoms with van der Waals surface area (Å²) in [6.07, 6.45) is 27.0. The first-order chi connectivity index (χ1) is 12.4. The van der Waals surface area contributed by atoms with Crippen LogP contribution in [0.5, 0.6) is 0 Å². The largest absolute Gasteiger partial charge is 0.237 e. The molecular weight excluding hydrogens is 308 g/mol. The van der Waals surface area contributed by atoms with Crippen molar-refractivity contribution in [3.63, 3.8) is 0 Å². The van der Waals surface area contributed by atoms with Crippen molar-refractivity contribution in [2.75, 3.05) is 13.2 Å². The molecule has 0 N–H and O–H groups in total. The Labute approximate surface area is 159 Å². The smallest absolute Gasteiger partial charge is 0.0822 e. The maximum atomic E-state index is 5.02. The van der Waals surface area contributed by atoms with Gasteiger partial charge in [0.05, 0.1) is 13.2 Å². The van der Waals surface area contributed by atoms with E-state index in [0.29, 0.717) is 6.61 Å². The van der Waals surface area contributed by atoms with Crippen LogP contribution in [-0.4, -0.2) is 13.2 Å². The third kappa shape index (κ3) is 23.9. The Hall–Kier alpha value is -0.0800. The van der Waals surface area contributed by atoms with E-state index in [9.17, 15) is 0 Å². The maximum Gasteiger partial charge on any atom is 0.0822 e. The molecule has 0 radical (unpaired) electrons. The fraction of sp³-hybridized carbons (Fsp3) is 1.00. The van der Waals surface area contributed by atoms with Crippen molar-refractivity contribution in [1.29, 1.82) is 0 Å². The zero-order valence-corrected chi connectivity index (χ0v) is 17.7. The molecule has 0 aromatic rings. The summed E-state index contributed by atoms with van der Waals surface area (Å²) in [5, 5.41) is 0. The molecule has 2 nitrogen and oxygen atoms in total. The highest BCUT2D eigenvalue weighted by atomic mass is 17.2. The van der Waals surface area contributed by atoms with Crippen LogP contribution in [0.15, 0.2) is 0 Å². The van der Waals surface area contributed by atoms with Gasteiger partial charge in [0.15, 0.2) is 0 Å². The summed E-state index contributed by atoms with van der Waals surface area (Å²) in [5.41, 5.74) is 0. The Morgan fingerprint density at radius 1 is 0.360 bits per heavy atom. The van der Waals surface area contributed by atoms with E-state index in [2.05, 4.69) is 6.92 Å². The topological polar surface area (TPSA) is 18.5 Å². The molecule has 0 aliphatic rings. The second-order valence-electron chi connectivity index (χ2n) is 7.59. The normalized spacial score (nSPS) is 11.3. The fourth-order valence-corrected chi connectivity index (χ4v) is 3.38. The van der Waals surface area contributed by atoms with Crippen LogP contribution < -0.4 is 0 Å². The lowest BCUT2D eigenvalue weighted by molar-refractivity contribution is -0.291. The van der Waals surface area contributed by atoms with Crippen molar-refractivity contribution < 1.29 is 9.78 Å². The van der Waals surface area contributed by atoms with Gasteiger partial charge in [0, 0.05) is 0 Å². The van der Waals surface area contributed by atoms with Crippen LogP contribution in [0.1, 0.15) is 136 Å². The molecule has 0 unspecified atom stereocenters. The van der Waals surface area contributed by atoms with Gasteiger partial charge in [-0.2, -0.15) is 0 Å².